The van der Waals surface area contributed by atoms with E-state index in [2.05, 4.69) is 24.3 Å². The fourth-order valence-corrected chi connectivity index (χ4v) is 3.74. The van der Waals surface area contributed by atoms with Crippen LogP contribution >= 0.6 is 0 Å². The van der Waals surface area contributed by atoms with Crippen molar-refractivity contribution >= 4 is 6.08 Å². The molecular weight excluding hydrogens is 376 g/mol. The summed E-state index contributed by atoms with van der Waals surface area (Å²) in [6.45, 7) is 2.01. The minimum absolute atomic E-state index is 0.313. The number of hydrogen-bond acceptors (Lipinski definition) is 4. The third-order valence-corrected chi connectivity index (χ3v) is 5.07. The molecule has 30 heavy (non-hydrogen) atoms. The Hall–Kier alpha value is -3.24. The molecule has 3 aromatic carbocycles. The van der Waals surface area contributed by atoms with Gasteiger partial charge in [-0.25, -0.2) is 0 Å². The van der Waals surface area contributed by atoms with Crippen LogP contribution in [0.3, 0.4) is 0 Å². The van der Waals surface area contributed by atoms with Gasteiger partial charge < -0.3 is 18.9 Å². The summed E-state index contributed by atoms with van der Waals surface area (Å²) in [5.41, 5.74) is 5.02. The molecule has 0 aliphatic rings. The zero-order chi connectivity index (χ0) is 21.5. The fourth-order valence-electron chi connectivity index (χ4n) is 3.74. The number of para-hydroxylation sites is 2. The van der Waals surface area contributed by atoms with Crippen LogP contribution in [0.15, 0.2) is 66.7 Å². The van der Waals surface area contributed by atoms with E-state index in [-0.39, 0.29) is 6.10 Å². The predicted octanol–water partition coefficient (Wildman–Crippen LogP) is 6.15. The fraction of sp³-hybridized carbons (Fsp3) is 0.231. The van der Waals surface area contributed by atoms with Crippen LogP contribution in [0.25, 0.3) is 17.2 Å². The number of methoxy groups -OCH3 is 4. The molecular formula is C26H28O4. The Morgan fingerprint density at radius 3 is 2.10 bits per heavy atom. The Morgan fingerprint density at radius 1 is 0.700 bits per heavy atom. The van der Waals surface area contributed by atoms with Gasteiger partial charge in [0.1, 0.15) is 11.9 Å². The molecule has 0 heterocycles. The number of benzene rings is 3. The van der Waals surface area contributed by atoms with Crippen molar-refractivity contribution in [2.75, 3.05) is 28.4 Å². The van der Waals surface area contributed by atoms with E-state index in [0.717, 1.165) is 33.6 Å². The van der Waals surface area contributed by atoms with Crippen LogP contribution in [0.1, 0.15) is 29.7 Å². The minimum atomic E-state index is -0.313. The van der Waals surface area contributed by atoms with E-state index in [4.69, 9.17) is 18.9 Å². The first-order chi connectivity index (χ1) is 14.7. The molecule has 0 aliphatic carbocycles. The van der Waals surface area contributed by atoms with Crippen molar-refractivity contribution in [1.82, 2.24) is 0 Å². The van der Waals surface area contributed by atoms with Gasteiger partial charge in [-0.1, -0.05) is 54.6 Å². The summed E-state index contributed by atoms with van der Waals surface area (Å²) in [5, 5.41) is 0. The average molecular weight is 405 g/mol. The van der Waals surface area contributed by atoms with E-state index in [1.54, 1.807) is 28.4 Å². The molecule has 4 nitrogen and oxygen atoms in total. The maximum Gasteiger partial charge on any atom is 0.168 e. The Labute approximate surface area is 178 Å². The highest BCUT2D eigenvalue weighted by Crippen LogP contribution is 2.43. The lowest BCUT2D eigenvalue weighted by atomic mass is 9.90. The lowest BCUT2D eigenvalue weighted by Gasteiger charge is -2.23. The summed E-state index contributed by atoms with van der Waals surface area (Å²) < 4.78 is 22.9. The van der Waals surface area contributed by atoms with Crippen molar-refractivity contribution in [1.29, 1.82) is 0 Å². The molecule has 0 aromatic heterocycles. The molecule has 0 amide bonds. The molecule has 0 spiro atoms. The molecule has 0 fully saturated rings. The molecule has 3 rings (SSSR count). The first kappa shape index (κ1) is 21.5. The third kappa shape index (κ3) is 4.19. The zero-order valence-electron chi connectivity index (χ0n) is 18.1. The van der Waals surface area contributed by atoms with Gasteiger partial charge in [0.25, 0.3) is 0 Å². The summed E-state index contributed by atoms with van der Waals surface area (Å²) in [5.74, 6) is 2.16. The number of hydrogen-bond donors (Lipinski definition) is 0. The number of allylic oxidation sites excluding steroid dienone is 1. The van der Waals surface area contributed by atoms with E-state index in [1.807, 2.05) is 55.5 Å². The van der Waals surface area contributed by atoms with Gasteiger partial charge in [0, 0.05) is 18.2 Å². The van der Waals surface area contributed by atoms with Crippen molar-refractivity contribution in [3.63, 3.8) is 0 Å². The summed E-state index contributed by atoms with van der Waals surface area (Å²) in [7, 11) is 6.69. The summed E-state index contributed by atoms with van der Waals surface area (Å²) >= 11 is 0. The van der Waals surface area contributed by atoms with Crippen LogP contribution in [-0.4, -0.2) is 28.4 Å². The largest absolute Gasteiger partial charge is 0.496 e. The van der Waals surface area contributed by atoms with E-state index >= 15 is 0 Å². The van der Waals surface area contributed by atoms with Crippen LogP contribution in [-0.2, 0) is 4.74 Å². The van der Waals surface area contributed by atoms with Crippen molar-refractivity contribution in [2.45, 2.75) is 13.0 Å². The first-order valence-corrected chi connectivity index (χ1v) is 9.82. The van der Waals surface area contributed by atoms with E-state index < -0.39 is 0 Å². The van der Waals surface area contributed by atoms with Crippen LogP contribution in [0, 0.1) is 0 Å². The second kappa shape index (κ2) is 9.99. The second-order valence-electron chi connectivity index (χ2n) is 6.75. The standard InChI is InChI=1S/C26H28O4/c1-6-10-18-15-16-20(25(29-4)21-11-7-8-13-23(21)27-2)22(17-18)19-12-9-14-24(28-3)26(19)30-5/h6-17,25H,1-5H3. The minimum Gasteiger partial charge on any atom is -0.496 e. The highest BCUT2D eigenvalue weighted by atomic mass is 16.5. The van der Waals surface area contributed by atoms with Crippen molar-refractivity contribution in [2.24, 2.45) is 0 Å². The van der Waals surface area contributed by atoms with Crippen LogP contribution in [0.4, 0.5) is 0 Å². The van der Waals surface area contributed by atoms with Gasteiger partial charge >= 0.3 is 0 Å². The maximum absolute atomic E-state index is 5.99. The molecule has 0 N–H and O–H groups in total. The molecule has 0 radical (unpaired) electrons. The third-order valence-electron chi connectivity index (χ3n) is 5.07. The van der Waals surface area contributed by atoms with Crippen LogP contribution < -0.4 is 14.2 Å². The van der Waals surface area contributed by atoms with Crippen LogP contribution in [0.5, 0.6) is 17.2 Å². The number of ether oxygens (including phenoxy) is 4. The highest BCUT2D eigenvalue weighted by molar-refractivity contribution is 5.79. The molecule has 0 saturated heterocycles. The molecule has 1 unspecified atom stereocenters. The van der Waals surface area contributed by atoms with Gasteiger partial charge in [-0.05, 0) is 41.8 Å². The quantitative estimate of drug-likeness (QED) is 0.451. The monoisotopic (exact) mass is 404 g/mol. The first-order valence-electron chi connectivity index (χ1n) is 9.82. The molecule has 156 valence electrons. The lowest BCUT2D eigenvalue weighted by Crippen LogP contribution is -2.08. The van der Waals surface area contributed by atoms with Gasteiger partial charge in [-0.2, -0.15) is 0 Å². The molecule has 0 bridgehead atoms. The van der Waals surface area contributed by atoms with Gasteiger partial charge in [0.05, 0.1) is 21.3 Å². The molecule has 0 aliphatic heterocycles. The van der Waals surface area contributed by atoms with E-state index in [1.165, 1.54) is 0 Å². The molecule has 4 heteroatoms. The van der Waals surface area contributed by atoms with Gasteiger partial charge in [-0.3, -0.25) is 0 Å². The zero-order valence-corrected chi connectivity index (χ0v) is 18.1. The van der Waals surface area contributed by atoms with Gasteiger partial charge in [0.15, 0.2) is 11.5 Å². The Bertz CT molecular complexity index is 1020. The van der Waals surface area contributed by atoms with Crippen LogP contribution in [0.2, 0.25) is 0 Å². The Balaban J connectivity index is 2.29. The van der Waals surface area contributed by atoms with Gasteiger partial charge in [-0.15, -0.1) is 0 Å². The molecule has 3 aromatic rings. The van der Waals surface area contributed by atoms with E-state index in [9.17, 15) is 0 Å². The summed E-state index contributed by atoms with van der Waals surface area (Å²) in [6, 6.07) is 20.2. The predicted molar refractivity (Wildman–Crippen MR) is 122 cm³/mol. The maximum atomic E-state index is 5.99. The summed E-state index contributed by atoms with van der Waals surface area (Å²) in [6.07, 6.45) is 3.78. The van der Waals surface area contributed by atoms with Crippen molar-refractivity contribution in [3.05, 3.63) is 83.4 Å². The SMILES string of the molecule is CC=Cc1ccc(C(OC)c2ccccc2OC)c(-c2cccc(OC)c2OC)c1. The smallest absolute Gasteiger partial charge is 0.168 e. The topological polar surface area (TPSA) is 36.9 Å². The second-order valence-corrected chi connectivity index (χ2v) is 6.75. The average Bonchev–Trinajstić information content (AvgIpc) is 2.80. The van der Waals surface area contributed by atoms with Crippen molar-refractivity contribution in [3.8, 4) is 28.4 Å². The van der Waals surface area contributed by atoms with Crippen molar-refractivity contribution < 1.29 is 18.9 Å². The Morgan fingerprint density at radius 2 is 1.43 bits per heavy atom. The normalized spacial score (nSPS) is 12.0. The Kier molecular flexibility index (Phi) is 7.15. The summed E-state index contributed by atoms with van der Waals surface area (Å²) in [4.78, 5) is 0. The van der Waals surface area contributed by atoms with Gasteiger partial charge in [0.2, 0.25) is 0 Å². The molecule has 0 saturated carbocycles. The highest BCUT2D eigenvalue weighted by Gasteiger charge is 2.23. The van der Waals surface area contributed by atoms with E-state index in [0.29, 0.717) is 11.5 Å². The number of rotatable bonds is 8. The lowest BCUT2D eigenvalue weighted by molar-refractivity contribution is 0.134. The molecule has 1 atom stereocenters.